The van der Waals surface area contributed by atoms with Crippen LogP contribution in [-0.4, -0.2) is 17.6 Å². The van der Waals surface area contributed by atoms with E-state index in [9.17, 15) is 8.78 Å². The number of halogens is 2. The van der Waals surface area contributed by atoms with Gasteiger partial charge in [-0.05, 0) is 31.7 Å². The minimum atomic E-state index is -2.59. The highest BCUT2D eigenvalue weighted by Gasteiger charge is 2.43. The molecular formula is C15H19F2N5. The van der Waals surface area contributed by atoms with Crippen molar-refractivity contribution in [1.82, 2.24) is 0 Å². The van der Waals surface area contributed by atoms with Crippen LogP contribution in [0.25, 0.3) is 0 Å². The van der Waals surface area contributed by atoms with E-state index in [1.807, 2.05) is 0 Å². The van der Waals surface area contributed by atoms with E-state index in [-0.39, 0.29) is 17.5 Å². The van der Waals surface area contributed by atoms with E-state index in [0.29, 0.717) is 5.69 Å². The summed E-state index contributed by atoms with van der Waals surface area (Å²) in [5, 5.41) is 0. The molecule has 118 valence electrons. The topological polar surface area (TPSA) is 80.0 Å². The number of alkyl halides is 2. The summed E-state index contributed by atoms with van der Waals surface area (Å²) in [4.78, 5) is 10.1. The van der Waals surface area contributed by atoms with Gasteiger partial charge in [0.25, 0.3) is 6.43 Å². The molecule has 1 aliphatic heterocycles. The van der Waals surface area contributed by atoms with Gasteiger partial charge in [-0.1, -0.05) is 24.6 Å². The molecule has 5 nitrogen and oxygen atoms in total. The van der Waals surface area contributed by atoms with Gasteiger partial charge in [-0.2, -0.15) is 4.99 Å². The largest absolute Gasteiger partial charge is 0.369 e. The first-order valence-corrected chi connectivity index (χ1v) is 7.40. The Morgan fingerprint density at radius 1 is 1.09 bits per heavy atom. The highest BCUT2D eigenvalue weighted by molar-refractivity contribution is 6.06. The number of nitrogens with two attached hydrogens (primary N) is 2. The lowest BCUT2D eigenvalue weighted by molar-refractivity contribution is 0.151. The van der Waals surface area contributed by atoms with Gasteiger partial charge in [0.15, 0.2) is 0 Å². The Hall–Kier alpha value is -2.18. The molecular weight excluding hydrogens is 288 g/mol. The normalized spacial score (nSPS) is 21.0. The first-order chi connectivity index (χ1) is 10.5. The lowest BCUT2D eigenvalue weighted by Gasteiger charge is -2.46. The minimum Gasteiger partial charge on any atom is -0.369 e. The highest BCUT2D eigenvalue weighted by atomic mass is 19.3. The van der Waals surface area contributed by atoms with Gasteiger partial charge < -0.3 is 11.5 Å². The van der Waals surface area contributed by atoms with Crippen molar-refractivity contribution in [1.29, 1.82) is 0 Å². The van der Waals surface area contributed by atoms with Crippen LogP contribution < -0.4 is 16.4 Å². The number of anilines is 1. The molecule has 1 aromatic carbocycles. The zero-order valence-electron chi connectivity index (χ0n) is 12.2. The summed E-state index contributed by atoms with van der Waals surface area (Å²) in [6.45, 7) is 0. The van der Waals surface area contributed by atoms with Crippen LogP contribution in [-0.2, 0) is 0 Å². The smallest absolute Gasteiger partial charge is 0.265 e. The Morgan fingerprint density at radius 3 is 2.45 bits per heavy atom. The molecule has 0 aromatic heterocycles. The van der Waals surface area contributed by atoms with Gasteiger partial charge >= 0.3 is 0 Å². The van der Waals surface area contributed by atoms with Crippen LogP contribution >= 0.6 is 0 Å². The molecule has 2 aliphatic rings. The van der Waals surface area contributed by atoms with Crippen molar-refractivity contribution in [2.75, 3.05) is 4.90 Å². The molecule has 1 heterocycles. The Bertz CT molecular complexity index is 620. The van der Waals surface area contributed by atoms with E-state index in [0.717, 1.165) is 32.1 Å². The van der Waals surface area contributed by atoms with Gasteiger partial charge in [-0.3, -0.25) is 4.90 Å². The van der Waals surface area contributed by atoms with Crippen molar-refractivity contribution < 1.29 is 8.78 Å². The highest BCUT2D eigenvalue weighted by Crippen LogP contribution is 2.42. The zero-order chi connectivity index (χ0) is 15.7. The maximum atomic E-state index is 13.4. The van der Waals surface area contributed by atoms with E-state index in [4.69, 9.17) is 11.5 Å². The van der Waals surface area contributed by atoms with Crippen LogP contribution in [0.4, 0.5) is 14.5 Å². The molecule has 1 saturated carbocycles. The van der Waals surface area contributed by atoms with Crippen molar-refractivity contribution in [3.8, 4) is 0 Å². The van der Waals surface area contributed by atoms with E-state index < -0.39 is 12.1 Å². The summed E-state index contributed by atoms with van der Waals surface area (Å²) in [5.41, 5.74) is 11.4. The third-order valence-corrected chi connectivity index (χ3v) is 4.26. The number of para-hydroxylation sites is 1. The summed E-state index contributed by atoms with van der Waals surface area (Å²) in [6, 6.07) is 6.35. The van der Waals surface area contributed by atoms with E-state index in [2.05, 4.69) is 9.98 Å². The van der Waals surface area contributed by atoms with Gasteiger partial charge in [0.05, 0.1) is 5.69 Å². The Morgan fingerprint density at radius 2 is 1.77 bits per heavy atom. The molecule has 4 N–H and O–H groups in total. The van der Waals surface area contributed by atoms with Crippen molar-refractivity contribution in [3.05, 3.63) is 29.8 Å². The molecule has 0 bridgehead atoms. The van der Waals surface area contributed by atoms with Crippen LogP contribution in [0.2, 0.25) is 0 Å². The lowest BCUT2D eigenvalue weighted by Crippen LogP contribution is -2.58. The van der Waals surface area contributed by atoms with Crippen molar-refractivity contribution in [2.45, 2.75) is 44.2 Å². The summed E-state index contributed by atoms with van der Waals surface area (Å²) in [5.74, 6) is 0.243. The van der Waals surface area contributed by atoms with Crippen molar-refractivity contribution in [3.63, 3.8) is 0 Å². The molecule has 7 heteroatoms. The maximum Gasteiger partial charge on any atom is 0.265 e. The third-order valence-electron chi connectivity index (χ3n) is 4.26. The monoisotopic (exact) mass is 307 g/mol. The molecule has 0 unspecified atom stereocenters. The standard InChI is InChI=1S/C15H19F2N5/c16-12(17)10-6-2-3-7-11(10)22-14(19)20-13(18)21-15(22)8-4-1-5-9-15/h2-3,6-7,12H,1,4-5,8-9H2,(H4,18,19,20,21). The first-order valence-electron chi connectivity index (χ1n) is 7.40. The van der Waals surface area contributed by atoms with Crippen LogP contribution in [0, 0.1) is 0 Å². The second-order valence-electron chi connectivity index (χ2n) is 5.68. The molecule has 1 fully saturated rings. The van der Waals surface area contributed by atoms with E-state index >= 15 is 0 Å². The average molecular weight is 307 g/mol. The predicted molar refractivity (Wildman–Crippen MR) is 82.9 cm³/mol. The van der Waals surface area contributed by atoms with Gasteiger partial charge in [-0.15, -0.1) is 0 Å². The van der Waals surface area contributed by atoms with Crippen LogP contribution in [0.15, 0.2) is 34.3 Å². The number of aliphatic imine (C=N–C) groups is 2. The molecule has 0 saturated heterocycles. The number of hydrogen-bond acceptors (Lipinski definition) is 5. The summed E-state index contributed by atoms with van der Waals surface area (Å²) < 4.78 is 26.7. The van der Waals surface area contributed by atoms with Crippen molar-refractivity contribution in [2.24, 2.45) is 21.5 Å². The number of nitrogens with zero attached hydrogens (tertiary/aromatic N) is 3. The fourth-order valence-corrected chi connectivity index (χ4v) is 3.35. The van der Waals surface area contributed by atoms with Gasteiger partial charge in [0, 0.05) is 5.56 Å². The quantitative estimate of drug-likeness (QED) is 0.881. The number of benzene rings is 1. The average Bonchev–Trinajstić information content (AvgIpc) is 2.47. The summed E-state index contributed by atoms with van der Waals surface area (Å²) in [6.07, 6.45) is 1.86. The second-order valence-corrected chi connectivity index (χ2v) is 5.68. The number of rotatable bonds is 2. The third kappa shape index (κ3) is 2.40. The summed E-state index contributed by atoms with van der Waals surface area (Å²) >= 11 is 0. The number of guanidine groups is 2. The molecule has 22 heavy (non-hydrogen) atoms. The van der Waals surface area contributed by atoms with Crippen LogP contribution in [0.3, 0.4) is 0 Å². The lowest BCUT2D eigenvalue weighted by atomic mass is 9.87. The molecule has 1 spiro atoms. The predicted octanol–water partition coefficient (Wildman–Crippen LogP) is 2.73. The fraction of sp³-hybridized carbons (Fsp3) is 0.467. The maximum absolute atomic E-state index is 13.4. The molecule has 0 atom stereocenters. The first kappa shape index (κ1) is 14.7. The Kier molecular flexibility index (Phi) is 3.72. The molecule has 0 radical (unpaired) electrons. The second kappa shape index (κ2) is 5.55. The molecule has 1 aliphatic carbocycles. The van der Waals surface area contributed by atoms with Crippen LogP contribution in [0.1, 0.15) is 44.1 Å². The van der Waals surface area contributed by atoms with Gasteiger partial charge in [0.1, 0.15) is 5.66 Å². The summed E-state index contributed by atoms with van der Waals surface area (Å²) in [7, 11) is 0. The number of hydrogen-bond donors (Lipinski definition) is 2. The van der Waals surface area contributed by atoms with Gasteiger partial charge in [0.2, 0.25) is 11.9 Å². The molecule has 1 aromatic rings. The van der Waals surface area contributed by atoms with E-state index in [1.165, 1.54) is 6.07 Å². The minimum absolute atomic E-state index is 0.0683. The van der Waals surface area contributed by atoms with E-state index in [1.54, 1.807) is 23.1 Å². The van der Waals surface area contributed by atoms with Crippen molar-refractivity contribution >= 4 is 17.6 Å². The molecule has 3 rings (SSSR count). The molecule has 0 amide bonds. The fourth-order valence-electron chi connectivity index (χ4n) is 3.35. The Labute approximate surface area is 127 Å². The Balaban J connectivity index is 2.12. The van der Waals surface area contributed by atoms with Crippen LogP contribution in [0.5, 0.6) is 0 Å². The SMILES string of the molecule is NC1=NC2(CCCCC2)N(c2ccccc2C(F)F)C(N)=N1. The zero-order valence-corrected chi connectivity index (χ0v) is 12.2. The van der Waals surface area contributed by atoms with Gasteiger partial charge in [-0.25, -0.2) is 13.8 Å².